The van der Waals surface area contributed by atoms with Gasteiger partial charge in [0.1, 0.15) is 22.8 Å². The smallest absolute Gasteiger partial charge is 0.180 e. The van der Waals surface area contributed by atoms with Gasteiger partial charge in [-0.3, -0.25) is 9.97 Å². The van der Waals surface area contributed by atoms with E-state index in [-0.39, 0.29) is 10.6 Å². The molecule has 0 atom stereocenters. The lowest BCUT2D eigenvalue weighted by atomic mass is 10.2. The van der Waals surface area contributed by atoms with Gasteiger partial charge in [0.15, 0.2) is 9.84 Å². The summed E-state index contributed by atoms with van der Waals surface area (Å²) in [6.45, 7) is 7.57. The Labute approximate surface area is 220 Å². The van der Waals surface area contributed by atoms with Gasteiger partial charge in [-0.2, -0.15) is 0 Å². The van der Waals surface area contributed by atoms with E-state index in [9.17, 15) is 8.42 Å². The Morgan fingerprint density at radius 2 is 1.35 bits per heavy atom. The number of halogens is 2. The van der Waals surface area contributed by atoms with Crippen molar-refractivity contribution in [2.24, 2.45) is 0 Å². The fraction of sp³-hybridized carbons (Fsp3) is 0.273. The number of nitrogens with zero attached hydrogens (tertiary/aromatic N) is 4. The lowest BCUT2D eigenvalue weighted by molar-refractivity contribution is 0.597. The van der Waals surface area contributed by atoms with Gasteiger partial charge in [0, 0.05) is 37.6 Å². The van der Waals surface area contributed by atoms with Crippen LogP contribution in [-0.2, 0) is 9.84 Å². The quantitative estimate of drug-likeness (QED) is 0.252. The molecule has 0 unspecified atom stereocenters. The number of aromatic nitrogens is 6. The Balaban J connectivity index is 0.000000192. The van der Waals surface area contributed by atoms with Crippen molar-refractivity contribution in [1.82, 2.24) is 29.9 Å². The third-order valence-corrected chi connectivity index (χ3v) is 8.28. The molecule has 0 fully saturated rings. The summed E-state index contributed by atoms with van der Waals surface area (Å²) < 4.78 is 25.8. The zero-order valence-corrected chi connectivity index (χ0v) is 23.9. The predicted octanol–water partition coefficient (Wildman–Crippen LogP) is 5.99. The van der Waals surface area contributed by atoms with Gasteiger partial charge in [-0.15, -0.1) is 11.8 Å². The molecule has 4 aromatic rings. The van der Waals surface area contributed by atoms with E-state index in [2.05, 4.69) is 74.8 Å². The molecule has 4 heterocycles. The van der Waals surface area contributed by atoms with Gasteiger partial charge in [0.2, 0.25) is 0 Å². The summed E-state index contributed by atoms with van der Waals surface area (Å²) in [5, 5.41) is 0. The number of pyridine rings is 2. The maximum Gasteiger partial charge on any atom is 0.180 e. The summed E-state index contributed by atoms with van der Waals surface area (Å²) >= 11 is 8.47. The Morgan fingerprint density at radius 3 is 1.85 bits per heavy atom. The summed E-state index contributed by atoms with van der Waals surface area (Å²) in [6.07, 6.45) is 6.60. The van der Waals surface area contributed by atoms with Crippen molar-refractivity contribution < 1.29 is 8.42 Å². The zero-order valence-electron chi connectivity index (χ0n) is 19.1. The molecule has 4 aromatic heterocycles. The number of hydrogen-bond acceptors (Lipinski definition) is 7. The minimum Gasteiger partial charge on any atom is -0.348 e. The Morgan fingerprint density at radius 1 is 0.824 bits per heavy atom. The first-order valence-electron chi connectivity index (χ1n) is 10.3. The highest BCUT2D eigenvalue weighted by Gasteiger charge is 2.21. The molecule has 0 saturated heterocycles. The third-order valence-electron chi connectivity index (χ3n) is 4.76. The number of nitrogens with one attached hydrogen (secondary N) is 2. The van der Waals surface area contributed by atoms with E-state index in [1.807, 2.05) is 20.0 Å². The monoisotopic (exact) mass is 626 g/mol. The molecule has 4 rings (SSSR count). The molecule has 0 aliphatic rings. The van der Waals surface area contributed by atoms with Crippen LogP contribution in [-0.4, -0.2) is 49.8 Å². The van der Waals surface area contributed by atoms with Gasteiger partial charge >= 0.3 is 0 Å². The van der Waals surface area contributed by atoms with Crippen LogP contribution in [0.3, 0.4) is 0 Å². The number of aryl methyl sites for hydroxylation is 2. The van der Waals surface area contributed by atoms with E-state index in [4.69, 9.17) is 0 Å². The summed E-state index contributed by atoms with van der Waals surface area (Å²) in [5.74, 6) is 1.05. The van der Waals surface area contributed by atoms with Gasteiger partial charge in [-0.25, -0.2) is 18.4 Å². The fourth-order valence-corrected chi connectivity index (χ4v) is 5.88. The molecule has 0 amide bonds. The van der Waals surface area contributed by atoms with Crippen LogP contribution in [0.2, 0.25) is 0 Å². The molecule has 180 valence electrons. The van der Waals surface area contributed by atoms with Gasteiger partial charge in [-0.05, 0) is 63.6 Å². The first-order chi connectivity index (χ1) is 16.2. The first-order valence-corrected chi connectivity index (χ1v) is 14.6. The number of aromatic amines is 2. The Bertz CT molecular complexity index is 1390. The van der Waals surface area contributed by atoms with Crippen molar-refractivity contribution in [3.63, 3.8) is 0 Å². The van der Waals surface area contributed by atoms with Gasteiger partial charge < -0.3 is 9.97 Å². The number of hydrogen-bond donors (Lipinski definition) is 2. The van der Waals surface area contributed by atoms with Gasteiger partial charge in [0.05, 0.1) is 23.3 Å². The molecular weight excluding hydrogens is 604 g/mol. The second kappa shape index (κ2) is 11.6. The molecule has 2 N–H and O–H groups in total. The van der Waals surface area contributed by atoms with Crippen LogP contribution in [0.25, 0.3) is 22.8 Å². The van der Waals surface area contributed by atoms with Crippen LogP contribution in [0.4, 0.5) is 0 Å². The van der Waals surface area contributed by atoms with E-state index in [0.717, 1.165) is 37.9 Å². The number of sulfone groups is 1. The van der Waals surface area contributed by atoms with E-state index in [0.29, 0.717) is 15.9 Å². The van der Waals surface area contributed by atoms with Gasteiger partial charge in [0.25, 0.3) is 0 Å². The molecular formula is C22H24Br2N6O2S2. The molecule has 0 aliphatic heterocycles. The van der Waals surface area contributed by atoms with Crippen LogP contribution in [0, 0.1) is 13.8 Å². The van der Waals surface area contributed by atoms with Crippen molar-refractivity contribution >= 4 is 53.5 Å². The minimum atomic E-state index is -3.34. The predicted molar refractivity (Wildman–Crippen MR) is 143 cm³/mol. The van der Waals surface area contributed by atoms with Gasteiger partial charge in [-0.1, -0.05) is 13.8 Å². The summed E-state index contributed by atoms with van der Waals surface area (Å²) in [7, 11) is -3.34. The second-order valence-electron chi connectivity index (χ2n) is 7.09. The van der Waals surface area contributed by atoms with Crippen molar-refractivity contribution in [3.05, 3.63) is 57.5 Å². The van der Waals surface area contributed by atoms with Crippen LogP contribution < -0.4 is 0 Å². The molecule has 8 nitrogen and oxygen atoms in total. The highest BCUT2D eigenvalue weighted by atomic mass is 79.9. The lowest BCUT2D eigenvalue weighted by Gasteiger charge is -2.07. The molecule has 12 heteroatoms. The van der Waals surface area contributed by atoms with E-state index >= 15 is 0 Å². The lowest BCUT2D eigenvalue weighted by Crippen LogP contribution is -2.07. The van der Waals surface area contributed by atoms with Crippen LogP contribution in [0.1, 0.15) is 25.2 Å². The number of imidazole rings is 2. The molecule has 0 spiro atoms. The number of rotatable bonds is 6. The molecule has 34 heavy (non-hydrogen) atoms. The maximum atomic E-state index is 12.1. The molecule has 0 aliphatic carbocycles. The molecule has 0 bridgehead atoms. The first kappa shape index (κ1) is 26.6. The van der Waals surface area contributed by atoms with Crippen molar-refractivity contribution in [1.29, 1.82) is 0 Å². The average Bonchev–Trinajstić information content (AvgIpc) is 3.42. The normalized spacial score (nSPS) is 11.2. The summed E-state index contributed by atoms with van der Waals surface area (Å²) in [5.41, 5.74) is 4.68. The second-order valence-corrected chi connectivity index (χ2v) is 12.5. The molecule has 0 saturated carbocycles. The SMILES string of the molecule is CCS(=O)(=O)c1cc(Br)cnc1-c1nc[nH]c1C.CCSc1cc(Br)cnc1-c1nc[nH]c1C. The van der Waals surface area contributed by atoms with Crippen LogP contribution >= 0.6 is 43.6 Å². The Kier molecular flexibility index (Phi) is 9.07. The molecule has 0 radical (unpaired) electrons. The average molecular weight is 628 g/mol. The maximum absolute atomic E-state index is 12.1. The number of H-pyrrole nitrogens is 2. The van der Waals surface area contributed by atoms with E-state index in [1.165, 1.54) is 6.33 Å². The molecule has 0 aromatic carbocycles. The summed E-state index contributed by atoms with van der Waals surface area (Å²) in [4.78, 5) is 24.4. The zero-order chi connectivity index (χ0) is 24.9. The third kappa shape index (κ3) is 6.15. The highest BCUT2D eigenvalue weighted by molar-refractivity contribution is 9.10. The summed E-state index contributed by atoms with van der Waals surface area (Å²) in [6, 6.07) is 3.65. The van der Waals surface area contributed by atoms with E-state index < -0.39 is 9.84 Å². The Hall–Kier alpha value is -2.02. The topological polar surface area (TPSA) is 117 Å². The fourth-order valence-electron chi connectivity index (χ4n) is 3.05. The van der Waals surface area contributed by atoms with Crippen LogP contribution in [0.5, 0.6) is 0 Å². The van der Waals surface area contributed by atoms with Crippen molar-refractivity contribution in [2.75, 3.05) is 11.5 Å². The van der Waals surface area contributed by atoms with Crippen molar-refractivity contribution in [3.8, 4) is 22.8 Å². The largest absolute Gasteiger partial charge is 0.348 e. The van der Waals surface area contributed by atoms with Crippen molar-refractivity contribution in [2.45, 2.75) is 37.5 Å². The number of thioether (sulfide) groups is 1. The minimum absolute atomic E-state index is 0.0294. The highest BCUT2D eigenvalue weighted by Crippen LogP contribution is 2.32. The van der Waals surface area contributed by atoms with E-state index in [1.54, 1.807) is 37.3 Å². The standard InChI is InChI=1S/C11H12BrN3O2S.C11H12BrN3S/c1-3-18(16,17)9-4-8(12)5-13-11(9)10-7(2)14-6-15-10;1-3-16-9-4-8(12)5-13-11(9)10-7(2)14-6-15-10/h4-6H,3H2,1-2H3,(H,14,15);4-6H,3H2,1-2H3,(H,14,15). The van der Waals surface area contributed by atoms with Crippen LogP contribution in [0.15, 0.2) is 55.9 Å².